The Balaban J connectivity index is 1.56. The van der Waals surface area contributed by atoms with Gasteiger partial charge in [-0.05, 0) is 76.6 Å². The zero-order valence-electron chi connectivity index (χ0n) is 22.5. The average Bonchev–Trinajstić information content (AvgIpc) is 3.54. The number of rotatable bonds is 5. The van der Waals surface area contributed by atoms with Crippen LogP contribution in [0.1, 0.15) is 71.8 Å². The van der Waals surface area contributed by atoms with E-state index in [1.54, 1.807) is 31.7 Å². The molecule has 3 atom stereocenters. The Hall–Kier alpha value is -3.20. The highest BCUT2D eigenvalue weighted by atomic mass is 19.1. The second-order valence-electron chi connectivity index (χ2n) is 11.8. The van der Waals surface area contributed by atoms with Crippen molar-refractivity contribution >= 4 is 34.3 Å². The van der Waals surface area contributed by atoms with Crippen LogP contribution >= 0.6 is 0 Å². The van der Waals surface area contributed by atoms with Crippen molar-refractivity contribution in [3.63, 3.8) is 0 Å². The fourth-order valence-corrected chi connectivity index (χ4v) is 6.26. The highest BCUT2D eigenvalue weighted by molar-refractivity contribution is 5.99. The van der Waals surface area contributed by atoms with Gasteiger partial charge in [-0.2, -0.15) is 0 Å². The number of hydrogen-bond donors (Lipinski definition) is 3. The molecule has 3 heterocycles. The number of nitrogens with one attached hydrogen (secondary N) is 3. The van der Waals surface area contributed by atoms with Gasteiger partial charge in [0.05, 0.1) is 12.1 Å². The van der Waals surface area contributed by atoms with Gasteiger partial charge >= 0.3 is 6.09 Å². The molecule has 2 amide bonds. The predicted octanol–water partition coefficient (Wildman–Crippen LogP) is 4.65. The zero-order valence-corrected chi connectivity index (χ0v) is 22.5. The fraction of sp³-hybridized carbons (Fsp3) is 0.552. The molecule has 5 rings (SSSR count). The molecule has 9 heteroatoms. The van der Waals surface area contributed by atoms with Crippen LogP contribution in [0.5, 0.6) is 0 Å². The van der Waals surface area contributed by atoms with E-state index in [0.29, 0.717) is 18.5 Å². The summed E-state index contributed by atoms with van der Waals surface area (Å²) in [6.45, 7) is 7.39. The number of halogens is 1. The van der Waals surface area contributed by atoms with Gasteiger partial charge in [0.25, 0.3) is 0 Å². The predicted molar refractivity (Wildman–Crippen MR) is 143 cm³/mol. The Bertz CT molecular complexity index is 1290. The second kappa shape index (κ2) is 10.2. The van der Waals surface area contributed by atoms with E-state index in [1.807, 2.05) is 6.20 Å². The molecule has 0 bridgehead atoms. The van der Waals surface area contributed by atoms with Crippen LogP contribution in [-0.4, -0.2) is 57.9 Å². The van der Waals surface area contributed by atoms with Crippen LogP contribution in [0.2, 0.25) is 0 Å². The molecule has 1 aromatic carbocycles. The van der Waals surface area contributed by atoms with Gasteiger partial charge in [0.1, 0.15) is 17.5 Å². The van der Waals surface area contributed by atoms with Crippen LogP contribution in [-0.2, 0) is 14.3 Å². The van der Waals surface area contributed by atoms with Gasteiger partial charge < -0.3 is 25.3 Å². The molecule has 204 valence electrons. The molecule has 3 unspecified atom stereocenters. The number of alkyl carbamates (subject to hydrolysis) is 1. The Morgan fingerprint density at radius 2 is 1.89 bits per heavy atom. The quantitative estimate of drug-likeness (QED) is 0.528. The van der Waals surface area contributed by atoms with E-state index in [0.717, 1.165) is 54.3 Å². The van der Waals surface area contributed by atoms with E-state index in [9.17, 15) is 18.8 Å². The number of ether oxygens (including phenoxy) is 1. The number of aromatic nitrogens is 1. The maximum absolute atomic E-state index is 14.4. The normalized spacial score (nSPS) is 23.0. The third-order valence-corrected chi connectivity index (χ3v) is 7.93. The number of likely N-dealkylation sites (tertiary alicyclic amines) is 1. The summed E-state index contributed by atoms with van der Waals surface area (Å²) >= 11 is 0. The Kier molecular flexibility index (Phi) is 7.07. The number of ketones is 1. The number of nitrogens with zero attached hydrogens (tertiary/aromatic N) is 1. The summed E-state index contributed by atoms with van der Waals surface area (Å²) in [5.41, 5.74) is 2.52. The van der Waals surface area contributed by atoms with Gasteiger partial charge in [0.15, 0.2) is 5.78 Å². The SMILES string of the molecule is CC(=O)C1CC2NCC(c3c[nH]c4cc(F)ccc34)=C2N1C(=O)C(NC(=O)OC(C)(C)C)C1CCCCC1. The summed E-state index contributed by atoms with van der Waals surface area (Å²) in [5.74, 6) is -0.733. The Labute approximate surface area is 222 Å². The lowest BCUT2D eigenvalue weighted by molar-refractivity contribution is -0.138. The lowest BCUT2D eigenvalue weighted by Gasteiger charge is -2.35. The molecule has 2 aliphatic heterocycles. The summed E-state index contributed by atoms with van der Waals surface area (Å²) in [7, 11) is 0. The minimum Gasteiger partial charge on any atom is -0.444 e. The molecule has 0 spiro atoms. The van der Waals surface area contributed by atoms with Crippen molar-refractivity contribution in [1.29, 1.82) is 0 Å². The van der Waals surface area contributed by atoms with Crippen LogP contribution in [0.15, 0.2) is 30.1 Å². The number of aromatic amines is 1. The third-order valence-electron chi connectivity index (χ3n) is 7.93. The van der Waals surface area contributed by atoms with Crippen LogP contribution in [0.25, 0.3) is 16.5 Å². The summed E-state index contributed by atoms with van der Waals surface area (Å²) in [4.78, 5) is 44.9. The molecule has 8 nitrogen and oxygen atoms in total. The Morgan fingerprint density at radius 3 is 2.58 bits per heavy atom. The van der Waals surface area contributed by atoms with E-state index in [2.05, 4.69) is 15.6 Å². The molecule has 2 fully saturated rings. The average molecular weight is 525 g/mol. The molecular formula is C29H37FN4O4. The molecule has 0 radical (unpaired) electrons. The summed E-state index contributed by atoms with van der Waals surface area (Å²) in [6.07, 6.45) is 6.41. The lowest BCUT2D eigenvalue weighted by atomic mass is 9.83. The Morgan fingerprint density at radius 1 is 1.16 bits per heavy atom. The first-order chi connectivity index (χ1) is 18.0. The van der Waals surface area contributed by atoms with E-state index < -0.39 is 23.8 Å². The molecule has 2 aromatic rings. The number of H-pyrrole nitrogens is 1. The topological polar surface area (TPSA) is 104 Å². The number of carbonyl (C=O) groups excluding carboxylic acids is 3. The van der Waals surface area contributed by atoms with Crippen molar-refractivity contribution in [2.75, 3.05) is 6.54 Å². The minimum atomic E-state index is -0.794. The molecule has 3 aliphatic rings. The summed E-state index contributed by atoms with van der Waals surface area (Å²) in [5, 5.41) is 7.22. The highest BCUT2D eigenvalue weighted by Crippen LogP contribution is 2.41. The van der Waals surface area contributed by atoms with Crippen LogP contribution in [0, 0.1) is 11.7 Å². The monoisotopic (exact) mass is 524 g/mol. The zero-order chi connectivity index (χ0) is 27.2. The van der Waals surface area contributed by atoms with E-state index >= 15 is 0 Å². The molecule has 3 N–H and O–H groups in total. The third kappa shape index (κ3) is 5.08. The van der Waals surface area contributed by atoms with Gasteiger partial charge in [-0.15, -0.1) is 0 Å². The van der Waals surface area contributed by atoms with Gasteiger partial charge in [0.2, 0.25) is 5.91 Å². The van der Waals surface area contributed by atoms with Crippen molar-refractivity contribution in [3.05, 3.63) is 41.5 Å². The van der Waals surface area contributed by atoms with E-state index in [-0.39, 0.29) is 29.5 Å². The molecule has 38 heavy (non-hydrogen) atoms. The number of Topliss-reactive ketones (excluding diaryl/α,β-unsaturated/α-hetero) is 1. The first-order valence-corrected chi connectivity index (χ1v) is 13.6. The van der Waals surface area contributed by atoms with Gasteiger partial charge in [0, 0.05) is 34.9 Å². The van der Waals surface area contributed by atoms with E-state index in [4.69, 9.17) is 4.74 Å². The fourth-order valence-electron chi connectivity index (χ4n) is 6.26. The van der Waals surface area contributed by atoms with Crippen molar-refractivity contribution in [2.45, 2.75) is 89.9 Å². The molecule has 1 aromatic heterocycles. The standard InChI is InChI=1S/C29H37FN4O4/c1-16(35)24-13-23-26(21(15-32-23)20-14-31-22-12-18(30)10-11-19(20)22)34(24)27(36)25(17-8-6-5-7-9-17)33-28(37)38-29(2,3)4/h10-12,14,17,23-25,31-32H,5-9,13,15H2,1-4H3,(H,33,37). The van der Waals surface area contributed by atoms with Gasteiger partial charge in [-0.1, -0.05) is 19.3 Å². The summed E-state index contributed by atoms with van der Waals surface area (Å²) in [6, 6.07) is 3.02. The van der Waals surface area contributed by atoms with E-state index in [1.165, 1.54) is 19.1 Å². The van der Waals surface area contributed by atoms with Crippen LogP contribution in [0.3, 0.4) is 0 Å². The number of amides is 2. The lowest BCUT2D eigenvalue weighted by Crippen LogP contribution is -2.55. The van der Waals surface area contributed by atoms with Crippen molar-refractivity contribution < 1.29 is 23.5 Å². The maximum Gasteiger partial charge on any atom is 0.408 e. The first kappa shape index (κ1) is 26.4. The van der Waals surface area contributed by atoms with Gasteiger partial charge in [-0.25, -0.2) is 9.18 Å². The largest absolute Gasteiger partial charge is 0.444 e. The number of hydrogen-bond acceptors (Lipinski definition) is 5. The minimum absolute atomic E-state index is 0.0371. The first-order valence-electron chi connectivity index (χ1n) is 13.6. The number of carbonyl (C=O) groups is 3. The molecule has 1 aliphatic carbocycles. The smallest absolute Gasteiger partial charge is 0.408 e. The van der Waals surface area contributed by atoms with Crippen molar-refractivity contribution in [2.24, 2.45) is 5.92 Å². The number of benzene rings is 1. The number of fused-ring (bicyclic) bond motifs is 2. The molecule has 1 saturated carbocycles. The summed E-state index contributed by atoms with van der Waals surface area (Å²) < 4.78 is 19.4. The molecular weight excluding hydrogens is 487 g/mol. The maximum atomic E-state index is 14.4. The van der Waals surface area contributed by atoms with Crippen molar-refractivity contribution in [1.82, 2.24) is 20.5 Å². The van der Waals surface area contributed by atoms with Crippen LogP contribution < -0.4 is 10.6 Å². The second-order valence-corrected chi connectivity index (χ2v) is 11.8. The highest BCUT2D eigenvalue weighted by Gasteiger charge is 2.49. The molecule has 1 saturated heterocycles. The van der Waals surface area contributed by atoms with Crippen molar-refractivity contribution in [3.8, 4) is 0 Å². The van der Waals surface area contributed by atoms with Gasteiger partial charge in [-0.3, -0.25) is 9.59 Å². The van der Waals surface area contributed by atoms with Crippen LogP contribution in [0.4, 0.5) is 9.18 Å².